The molecule has 0 radical (unpaired) electrons. The molecule has 2 N–H and O–H groups in total. The number of piperidine rings is 1. The highest BCUT2D eigenvalue weighted by Crippen LogP contribution is 2.30. The minimum Gasteiger partial charge on any atom is -0.480 e. The van der Waals surface area contributed by atoms with Crippen LogP contribution in [0.2, 0.25) is 0 Å². The maximum absolute atomic E-state index is 12.1. The van der Waals surface area contributed by atoms with Crippen LogP contribution in [0.3, 0.4) is 0 Å². The van der Waals surface area contributed by atoms with E-state index in [0.29, 0.717) is 12.8 Å². The van der Waals surface area contributed by atoms with Gasteiger partial charge in [0.05, 0.1) is 0 Å². The summed E-state index contributed by atoms with van der Waals surface area (Å²) in [6.45, 7) is 5.14. The SMILES string of the molecule is CC(C)NS(=O)(=O)N1CCCCC1(C)C(=O)O. The molecule has 1 atom stereocenters. The van der Waals surface area contributed by atoms with Crippen molar-refractivity contribution in [2.24, 2.45) is 0 Å². The van der Waals surface area contributed by atoms with Gasteiger partial charge in [-0.3, -0.25) is 4.79 Å². The van der Waals surface area contributed by atoms with E-state index >= 15 is 0 Å². The molecule has 0 amide bonds. The number of nitrogens with one attached hydrogen (secondary N) is 1. The Morgan fingerprint density at radius 1 is 1.41 bits per heavy atom. The molecule has 1 rings (SSSR count). The average Bonchev–Trinajstić information content (AvgIpc) is 2.15. The van der Waals surface area contributed by atoms with Gasteiger partial charge in [0.15, 0.2) is 0 Å². The van der Waals surface area contributed by atoms with Crippen molar-refractivity contribution in [3.8, 4) is 0 Å². The molecule has 7 heteroatoms. The molecular formula is C10H20N2O4S. The predicted molar refractivity (Wildman–Crippen MR) is 63.8 cm³/mol. The maximum atomic E-state index is 12.1. The molecule has 0 spiro atoms. The summed E-state index contributed by atoms with van der Waals surface area (Å²) in [4.78, 5) is 11.3. The standard InChI is InChI=1S/C10H20N2O4S/c1-8(2)11-17(15,16)12-7-5-4-6-10(12,3)9(13)14/h8,11H,4-7H2,1-3H3,(H,13,14). The number of hydrogen-bond donors (Lipinski definition) is 2. The maximum Gasteiger partial charge on any atom is 0.324 e. The third kappa shape index (κ3) is 2.97. The Morgan fingerprint density at radius 2 is 2.00 bits per heavy atom. The van der Waals surface area contributed by atoms with Crippen LogP contribution in [0.4, 0.5) is 0 Å². The molecular weight excluding hydrogens is 244 g/mol. The van der Waals surface area contributed by atoms with E-state index < -0.39 is 21.7 Å². The van der Waals surface area contributed by atoms with Gasteiger partial charge in [0.1, 0.15) is 5.54 Å². The van der Waals surface area contributed by atoms with Crippen LogP contribution in [-0.4, -0.2) is 41.9 Å². The molecule has 1 unspecified atom stereocenters. The summed E-state index contributed by atoms with van der Waals surface area (Å²) in [5, 5.41) is 9.23. The Hall–Kier alpha value is -0.660. The molecule has 100 valence electrons. The van der Waals surface area contributed by atoms with Gasteiger partial charge in [-0.25, -0.2) is 0 Å². The fourth-order valence-electron chi connectivity index (χ4n) is 2.06. The van der Waals surface area contributed by atoms with Crippen LogP contribution in [0, 0.1) is 0 Å². The minimum absolute atomic E-state index is 0.250. The fourth-order valence-corrected chi connectivity index (χ4v) is 3.85. The fraction of sp³-hybridized carbons (Fsp3) is 0.900. The van der Waals surface area contributed by atoms with Crippen molar-refractivity contribution in [1.82, 2.24) is 9.03 Å². The van der Waals surface area contributed by atoms with Crippen molar-refractivity contribution in [1.29, 1.82) is 0 Å². The zero-order valence-corrected chi connectivity index (χ0v) is 11.2. The number of nitrogens with zero attached hydrogens (tertiary/aromatic N) is 1. The van der Waals surface area contributed by atoms with E-state index in [4.69, 9.17) is 0 Å². The molecule has 1 aliphatic heterocycles. The second-order valence-electron chi connectivity index (χ2n) is 4.89. The Labute approximate surface area is 102 Å². The lowest BCUT2D eigenvalue weighted by Gasteiger charge is -2.40. The third-order valence-corrected chi connectivity index (χ3v) is 4.90. The molecule has 0 bridgehead atoms. The Balaban J connectivity index is 3.04. The normalized spacial score (nSPS) is 27.3. The highest BCUT2D eigenvalue weighted by atomic mass is 32.2. The first-order chi connectivity index (χ1) is 7.70. The smallest absolute Gasteiger partial charge is 0.324 e. The molecule has 1 aliphatic rings. The molecule has 0 aromatic carbocycles. The van der Waals surface area contributed by atoms with Crippen LogP contribution in [0.25, 0.3) is 0 Å². The molecule has 1 heterocycles. The zero-order chi connectivity index (χ0) is 13.3. The van der Waals surface area contributed by atoms with Gasteiger partial charge >= 0.3 is 5.97 Å². The molecule has 0 aromatic rings. The van der Waals surface area contributed by atoms with E-state index in [1.807, 2.05) is 0 Å². The average molecular weight is 264 g/mol. The summed E-state index contributed by atoms with van der Waals surface area (Å²) < 4.78 is 27.6. The Morgan fingerprint density at radius 3 is 2.47 bits per heavy atom. The summed E-state index contributed by atoms with van der Waals surface area (Å²) >= 11 is 0. The number of rotatable bonds is 4. The quantitative estimate of drug-likeness (QED) is 0.776. The molecule has 0 aromatic heterocycles. The molecule has 1 saturated heterocycles. The van der Waals surface area contributed by atoms with Gasteiger partial charge in [0, 0.05) is 12.6 Å². The highest BCUT2D eigenvalue weighted by Gasteiger charge is 2.47. The van der Waals surface area contributed by atoms with E-state index in [1.54, 1.807) is 13.8 Å². The number of hydrogen-bond acceptors (Lipinski definition) is 3. The molecule has 6 nitrogen and oxygen atoms in total. The third-order valence-electron chi connectivity index (χ3n) is 2.96. The number of carboxylic acid groups (broad SMARTS) is 1. The van der Waals surface area contributed by atoms with Gasteiger partial charge in [-0.2, -0.15) is 17.4 Å². The van der Waals surface area contributed by atoms with E-state index in [1.165, 1.54) is 6.92 Å². The molecule has 1 fully saturated rings. The molecule has 0 saturated carbocycles. The van der Waals surface area contributed by atoms with Crippen LogP contribution in [0.1, 0.15) is 40.0 Å². The van der Waals surface area contributed by atoms with Crippen molar-refractivity contribution in [2.75, 3.05) is 6.54 Å². The van der Waals surface area contributed by atoms with Gasteiger partial charge in [-0.1, -0.05) is 0 Å². The van der Waals surface area contributed by atoms with Gasteiger partial charge in [-0.05, 0) is 40.0 Å². The van der Waals surface area contributed by atoms with Gasteiger partial charge in [0.25, 0.3) is 10.2 Å². The van der Waals surface area contributed by atoms with Crippen LogP contribution in [-0.2, 0) is 15.0 Å². The number of carboxylic acids is 1. The summed E-state index contributed by atoms with van der Waals surface area (Å²) in [6, 6.07) is -0.250. The van der Waals surface area contributed by atoms with E-state index in [0.717, 1.165) is 10.7 Å². The monoisotopic (exact) mass is 264 g/mol. The van der Waals surface area contributed by atoms with Crippen molar-refractivity contribution < 1.29 is 18.3 Å². The van der Waals surface area contributed by atoms with Crippen molar-refractivity contribution in [3.63, 3.8) is 0 Å². The van der Waals surface area contributed by atoms with Crippen LogP contribution < -0.4 is 4.72 Å². The predicted octanol–water partition coefficient (Wildman–Crippen LogP) is 0.558. The first kappa shape index (κ1) is 14.4. The van der Waals surface area contributed by atoms with E-state index in [9.17, 15) is 18.3 Å². The first-order valence-electron chi connectivity index (χ1n) is 5.73. The topological polar surface area (TPSA) is 86.7 Å². The highest BCUT2D eigenvalue weighted by molar-refractivity contribution is 7.87. The number of aliphatic carboxylic acids is 1. The summed E-state index contributed by atoms with van der Waals surface area (Å²) in [5.74, 6) is -1.09. The van der Waals surface area contributed by atoms with E-state index in [2.05, 4.69) is 4.72 Å². The number of carbonyl (C=O) groups is 1. The molecule has 0 aliphatic carbocycles. The Bertz CT molecular complexity index is 393. The summed E-state index contributed by atoms with van der Waals surface area (Å²) in [7, 11) is -3.73. The van der Waals surface area contributed by atoms with Crippen LogP contribution in [0.5, 0.6) is 0 Å². The van der Waals surface area contributed by atoms with Crippen molar-refractivity contribution in [3.05, 3.63) is 0 Å². The Kier molecular flexibility index (Phi) is 4.16. The van der Waals surface area contributed by atoms with Crippen LogP contribution in [0.15, 0.2) is 0 Å². The van der Waals surface area contributed by atoms with Gasteiger partial charge < -0.3 is 5.11 Å². The van der Waals surface area contributed by atoms with Crippen LogP contribution >= 0.6 is 0 Å². The summed E-state index contributed by atoms with van der Waals surface area (Å²) in [5.41, 5.74) is -1.33. The largest absolute Gasteiger partial charge is 0.480 e. The first-order valence-corrected chi connectivity index (χ1v) is 7.17. The minimum atomic E-state index is -3.73. The second kappa shape index (κ2) is 4.91. The lowest BCUT2D eigenvalue weighted by atomic mass is 9.91. The molecule has 17 heavy (non-hydrogen) atoms. The van der Waals surface area contributed by atoms with E-state index in [-0.39, 0.29) is 12.6 Å². The van der Waals surface area contributed by atoms with Gasteiger partial charge in [0.2, 0.25) is 0 Å². The van der Waals surface area contributed by atoms with Crippen molar-refractivity contribution >= 4 is 16.2 Å². The lowest BCUT2D eigenvalue weighted by Crippen LogP contribution is -2.60. The van der Waals surface area contributed by atoms with Gasteiger partial charge in [-0.15, -0.1) is 0 Å². The van der Waals surface area contributed by atoms with Crippen molar-refractivity contribution in [2.45, 2.75) is 51.6 Å². The lowest BCUT2D eigenvalue weighted by molar-refractivity contribution is -0.149. The second-order valence-corrected chi connectivity index (χ2v) is 6.51. The zero-order valence-electron chi connectivity index (χ0n) is 10.4. The summed E-state index contributed by atoms with van der Waals surface area (Å²) in [6.07, 6.45) is 1.78.